The molecule has 1 aromatic heterocycles. The first-order valence-corrected chi connectivity index (χ1v) is 8.17. The third-order valence-corrected chi connectivity index (χ3v) is 4.30. The molecule has 0 aliphatic rings. The SMILES string of the molecule is COC(C)c1nc(COC(=O)C[C@@H](CN)CC(C)C)cs1.Cl.Cl. The number of carbonyl (C=O) groups excluding carboxylic acids is 1. The summed E-state index contributed by atoms with van der Waals surface area (Å²) in [6, 6.07) is 0. The fourth-order valence-electron chi connectivity index (χ4n) is 2.06. The van der Waals surface area contributed by atoms with Crippen LogP contribution in [0.2, 0.25) is 0 Å². The van der Waals surface area contributed by atoms with Crippen molar-refractivity contribution in [2.45, 2.75) is 46.3 Å². The largest absolute Gasteiger partial charge is 0.459 e. The van der Waals surface area contributed by atoms with E-state index in [2.05, 4.69) is 18.8 Å². The van der Waals surface area contributed by atoms with Crippen molar-refractivity contribution in [1.82, 2.24) is 4.98 Å². The zero-order valence-electron chi connectivity index (χ0n) is 14.1. The summed E-state index contributed by atoms with van der Waals surface area (Å²) in [7, 11) is 1.65. The lowest BCUT2D eigenvalue weighted by Crippen LogP contribution is -2.21. The van der Waals surface area contributed by atoms with E-state index in [1.807, 2.05) is 12.3 Å². The number of nitrogens with two attached hydrogens (primary N) is 1. The summed E-state index contributed by atoms with van der Waals surface area (Å²) in [5, 5.41) is 2.79. The molecular formula is C15H28Cl2N2O3S. The van der Waals surface area contributed by atoms with Gasteiger partial charge in [0.15, 0.2) is 0 Å². The standard InChI is InChI=1S/C15H26N2O3S.2ClH/c1-10(2)5-12(7-16)6-14(18)20-8-13-9-21-15(17-13)11(3)19-4;;/h9-12H,5-8,16H2,1-4H3;2*1H/t11?,12-;;/m0../s1. The van der Waals surface area contributed by atoms with Crippen LogP contribution in [0.15, 0.2) is 5.38 Å². The summed E-state index contributed by atoms with van der Waals surface area (Å²) >= 11 is 1.51. The molecule has 1 rings (SSSR count). The van der Waals surface area contributed by atoms with Crippen molar-refractivity contribution in [2.24, 2.45) is 17.6 Å². The number of hydrogen-bond donors (Lipinski definition) is 1. The van der Waals surface area contributed by atoms with Crippen LogP contribution in [0.25, 0.3) is 0 Å². The van der Waals surface area contributed by atoms with Crippen molar-refractivity contribution in [3.63, 3.8) is 0 Å². The molecule has 0 fully saturated rings. The molecule has 0 aliphatic heterocycles. The van der Waals surface area contributed by atoms with Gasteiger partial charge >= 0.3 is 5.97 Å². The zero-order valence-corrected chi connectivity index (χ0v) is 16.6. The second-order valence-electron chi connectivity index (χ2n) is 5.65. The maximum atomic E-state index is 11.8. The highest BCUT2D eigenvalue weighted by atomic mass is 35.5. The van der Waals surface area contributed by atoms with Crippen molar-refractivity contribution >= 4 is 42.1 Å². The zero-order chi connectivity index (χ0) is 15.8. The molecule has 23 heavy (non-hydrogen) atoms. The molecule has 136 valence electrons. The summed E-state index contributed by atoms with van der Waals surface area (Å²) in [4.78, 5) is 16.2. The number of nitrogens with zero attached hydrogens (tertiary/aromatic N) is 1. The van der Waals surface area contributed by atoms with E-state index in [9.17, 15) is 4.79 Å². The molecular weight excluding hydrogens is 359 g/mol. The topological polar surface area (TPSA) is 74.4 Å². The quantitative estimate of drug-likeness (QED) is 0.654. The van der Waals surface area contributed by atoms with Crippen LogP contribution >= 0.6 is 36.2 Å². The van der Waals surface area contributed by atoms with Gasteiger partial charge in [0.2, 0.25) is 0 Å². The Kier molecular flexibility index (Phi) is 14.0. The predicted molar refractivity (Wildman–Crippen MR) is 98.4 cm³/mol. The first-order chi connectivity index (χ1) is 9.96. The van der Waals surface area contributed by atoms with E-state index >= 15 is 0 Å². The number of halogens is 2. The predicted octanol–water partition coefficient (Wildman–Crippen LogP) is 3.75. The molecule has 0 saturated heterocycles. The smallest absolute Gasteiger partial charge is 0.306 e. The summed E-state index contributed by atoms with van der Waals surface area (Å²) < 4.78 is 10.5. The van der Waals surface area contributed by atoms with Crippen LogP contribution in [-0.4, -0.2) is 24.6 Å². The maximum Gasteiger partial charge on any atom is 0.306 e. The lowest BCUT2D eigenvalue weighted by molar-refractivity contribution is -0.146. The van der Waals surface area contributed by atoms with Crippen molar-refractivity contribution in [1.29, 1.82) is 0 Å². The van der Waals surface area contributed by atoms with Crippen LogP contribution in [0.4, 0.5) is 0 Å². The van der Waals surface area contributed by atoms with Crippen LogP contribution in [0, 0.1) is 11.8 Å². The summed E-state index contributed by atoms with van der Waals surface area (Å²) in [6.45, 7) is 6.92. The minimum absolute atomic E-state index is 0. The minimum Gasteiger partial charge on any atom is -0.459 e. The molecule has 0 radical (unpaired) electrons. The van der Waals surface area contributed by atoms with Crippen molar-refractivity contribution < 1.29 is 14.3 Å². The average Bonchev–Trinajstić information content (AvgIpc) is 2.92. The highest BCUT2D eigenvalue weighted by molar-refractivity contribution is 7.09. The normalized spacial score (nSPS) is 13.0. The van der Waals surface area contributed by atoms with Gasteiger partial charge in [-0.2, -0.15) is 0 Å². The molecule has 0 spiro atoms. The molecule has 8 heteroatoms. The lowest BCUT2D eigenvalue weighted by atomic mass is 9.94. The number of esters is 1. The Morgan fingerprint density at radius 1 is 1.35 bits per heavy atom. The molecule has 2 atom stereocenters. The number of rotatable bonds is 9. The van der Waals surface area contributed by atoms with Crippen LogP contribution in [0.5, 0.6) is 0 Å². The fraction of sp³-hybridized carbons (Fsp3) is 0.733. The molecule has 1 heterocycles. The van der Waals surface area contributed by atoms with Gasteiger partial charge in [0.25, 0.3) is 0 Å². The van der Waals surface area contributed by atoms with Crippen molar-refractivity contribution in [3.8, 4) is 0 Å². The highest BCUT2D eigenvalue weighted by Gasteiger charge is 2.16. The summed E-state index contributed by atoms with van der Waals surface area (Å²) in [5.41, 5.74) is 6.46. The Balaban J connectivity index is 0. The van der Waals surface area contributed by atoms with E-state index in [0.717, 1.165) is 17.1 Å². The number of methoxy groups -OCH3 is 1. The minimum atomic E-state index is -0.208. The van der Waals surface area contributed by atoms with Gasteiger partial charge in [-0.1, -0.05) is 13.8 Å². The van der Waals surface area contributed by atoms with Crippen LogP contribution in [-0.2, 0) is 20.9 Å². The Morgan fingerprint density at radius 2 is 2.00 bits per heavy atom. The van der Waals surface area contributed by atoms with Crippen molar-refractivity contribution in [2.75, 3.05) is 13.7 Å². The van der Waals surface area contributed by atoms with E-state index < -0.39 is 0 Å². The van der Waals surface area contributed by atoms with Crippen LogP contribution in [0.1, 0.15) is 50.4 Å². The van der Waals surface area contributed by atoms with Gasteiger partial charge in [-0.05, 0) is 31.7 Å². The Bertz CT molecular complexity index is 444. The summed E-state index contributed by atoms with van der Waals surface area (Å²) in [6.07, 6.45) is 1.28. The number of aromatic nitrogens is 1. The first kappa shape index (κ1) is 24.8. The number of hydrogen-bond acceptors (Lipinski definition) is 6. The van der Waals surface area contributed by atoms with E-state index in [-0.39, 0.29) is 49.4 Å². The Morgan fingerprint density at radius 3 is 2.52 bits per heavy atom. The molecule has 0 aromatic carbocycles. The monoisotopic (exact) mass is 386 g/mol. The number of ether oxygens (including phenoxy) is 2. The van der Waals surface area contributed by atoms with Gasteiger partial charge in [0.05, 0.1) is 5.69 Å². The molecule has 0 bridgehead atoms. The molecule has 1 unspecified atom stereocenters. The van der Waals surface area contributed by atoms with Gasteiger partial charge in [-0.3, -0.25) is 4.79 Å². The molecule has 0 aliphatic carbocycles. The molecule has 5 nitrogen and oxygen atoms in total. The number of carbonyl (C=O) groups is 1. The van der Waals surface area contributed by atoms with Gasteiger partial charge in [0, 0.05) is 18.9 Å². The highest BCUT2D eigenvalue weighted by Crippen LogP contribution is 2.21. The van der Waals surface area contributed by atoms with E-state index in [4.69, 9.17) is 15.2 Å². The fourth-order valence-corrected chi connectivity index (χ4v) is 2.89. The Hall–Kier alpha value is -0.400. The van der Waals surface area contributed by atoms with E-state index in [1.54, 1.807) is 7.11 Å². The van der Waals surface area contributed by atoms with Gasteiger partial charge in [-0.25, -0.2) is 4.98 Å². The molecule has 0 saturated carbocycles. The maximum absolute atomic E-state index is 11.8. The van der Waals surface area contributed by atoms with Gasteiger partial charge in [0.1, 0.15) is 17.7 Å². The van der Waals surface area contributed by atoms with E-state index in [0.29, 0.717) is 18.9 Å². The Labute approximate surface area is 155 Å². The number of thiazole rings is 1. The second kappa shape index (κ2) is 13.0. The molecule has 0 amide bonds. The second-order valence-corrected chi connectivity index (χ2v) is 6.54. The van der Waals surface area contributed by atoms with Gasteiger partial charge < -0.3 is 15.2 Å². The van der Waals surface area contributed by atoms with E-state index in [1.165, 1.54) is 11.3 Å². The molecule has 1 aromatic rings. The lowest BCUT2D eigenvalue weighted by Gasteiger charge is -2.15. The summed E-state index contributed by atoms with van der Waals surface area (Å²) in [5.74, 6) is 0.514. The molecule has 2 N–H and O–H groups in total. The van der Waals surface area contributed by atoms with Crippen LogP contribution < -0.4 is 5.73 Å². The average molecular weight is 387 g/mol. The first-order valence-electron chi connectivity index (χ1n) is 7.29. The van der Waals surface area contributed by atoms with Crippen molar-refractivity contribution in [3.05, 3.63) is 16.1 Å². The van der Waals surface area contributed by atoms with Crippen LogP contribution in [0.3, 0.4) is 0 Å². The third-order valence-electron chi connectivity index (χ3n) is 3.25. The van der Waals surface area contributed by atoms with Gasteiger partial charge in [-0.15, -0.1) is 36.2 Å². The third kappa shape index (κ3) is 9.47.